The molecule has 0 aliphatic heterocycles. The molecule has 0 atom stereocenters. The van der Waals surface area contributed by atoms with Crippen molar-refractivity contribution in [1.82, 2.24) is 10.1 Å². The summed E-state index contributed by atoms with van der Waals surface area (Å²) in [6.45, 7) is 8.15. The molecule has 0 saturated heterocycles. The van der Waals surface area contributed by atoms with E-state index in [2.05, 4.69) is 0 Å². The predicted octanol–water partition coefficient (Wildman–Crippen LogP) is 4.18. The van der Waals surface area contributed by atoms with Gasteiger partial charge in [0.25, 0.3) is 0 Å². The monoisotopic (exact) mass is 412 g/mol. The highest BCUT2D eigenvalue weighted by Crippen LogP contribution is 2.23. The van der Waals surface area contributed by atoms with E-state index in [0.717, 1.165) is 0 Å². The molecule has 0 bridgehead atoms. The van der Waals surface area contributed by atoms with Gasteiger partial charge in [0.1, 0.15) is 0 Å². The molecule has 2 aliphatic carbocycles. The first-order valence-corrected chi connectivity index (χ1v) is 11.5. The van der Waals surface area contributed by atoms with Crippen LogP contribution in [-0.2, 0) is 10.4 Å². The molecule has 0 spiro atoms. The molecule has 2 saturated carbocycles. The van der Waals surface area contributed by atoms with E-state index in [9.17, 15) is 10.4 Å². The van der Waals surface area contributed by atoms with Crippen molar-refractivity contribution in [2.75, 3.05) is 0 Å². The van der Waals surface area contributed by atoms with E-state index in [0.29, 0.717) is 12.1 Å². The Kier molecular flexibility index (Phi) is 13.7. The highest BCUT2D eigenvalue weighted by molar-refractivity contribution is 7.79. The van der Waals surface area contributed by atoms with Crippen molar-refractivity contribution in [2.45, 2.75) is 116 Å². The van der Waals surface area contributed by atoms with Gasteiger partial charge < -0.3 is 10.4 Å². The molecule has 0 heterocycles. The fourth-order valence-corrected chi connectivity index (χ4v) is 3.53. The third kappa shape index (κ3) is 14.4. The van der Waals surface area contributed by atoms with Gasteiger partial charge in [-0.05, 0) is 53.4 Å². The maximum Gasteiger partial charge on any atom is 0.394 e. The van der Waals surface area contributed by atoms with E-state index in [-0.39, 0.29) is 12.1 Å². The van der Waals surface area contributed by atoms with Gasteiger partial charge in [-0.3, -0.25) is 9.11 Å². The van der Waals surface area contributed by atoms with Crippen molar-refractivity contribution in [3.63, 3.8) is 0 Å². The zero-order valence-corrected chi connectivity index (χ0v) is 18.1. The lowest BCUT2D eigenvalue weighted by atomic mass is 9.95. The molecule has 2 fully saturated rings. The van der Waals surface area contributed by atoms with Gasteiger partial charge >= 0.3 is 10.4 Å². The number of rotatable bonds is 4. The van der Waals surface area contributed by atoms with Crippen molar-refractivity contribution >= 4 is 10.4 Å². The normalized spacial score (nSPS) is 19.7. The number of hydroxylamine groups is 4. The largest absolute Gasteiger partial charge is 0.394 e. The number of nitrogens with zero attached hydrogens (tertiary/aromatic N) is 2. The minimum absolute atomic E-state index is 0.276. The van der Waals surface area contributed by atoms with E-state index < -0.39 is 10.4 Å². The van der Waals surface area contributed by atoms with Crippen LogP contribution in [-0.4, -0.2) is 62.2 Å². The van der Waals surface area contributed by atoms with Crippen LogP contribution in [0.5, 0.6) is 0 Å². The van der Waals surface area contributed by atoms with Gasteiger partial charge in [-0.25, -0.2) is 0 Å². The molecule has 4 N–H and O–H groups in total. The standard InChI is InChI=1S/2C9H19NO.H2O4S/c2*1-8(2)10(11)9-6-4-3-5-7-9;1-5(2,3)4/h2*8-9,11H,3-7H2,1-2H3;(H2,1,2,3,4). The molecule has 0 aromatic rings. The number of hydrogen-bond donors (Lipinski definition) is 4. The summed E-state index contributed by atoms with van der Waals surface area (Å²) in [5.74, 6) is 0. The first kappa shape index (κ1) is 26.7. The van der Waals surface area contributed by atoms with Crippen LogP contribution in [0.4, 0.5) is 0 Å². The van der Waals surface area contributed by atoms with Crippen LogP contribution in [0.25, 0.3) is 0 Å². The molecule has 0 aromatic carbocycles. The van der Waals surface area contributed by atoms with Crippen LogP contribution in [0.3, 0.4) is 0 Å². The molecule has 27 heavy (non-hydrogen) atoms. The molecule has 2 aliphatic rings. The Bertz CT molecular complexity index is 424. The summed E-state index contributed by atoms with van der Waals surface area (Å²) in [6.07, 6.45) is 12.5. The summed E-state index contributed by atoms with van der Waals surface area (Å²) in [7, 11) is -4.67. The summed E-state index contributed by atoms with van der Waals surface area (Å²) < 4.78 is 31.6. The van der Waals surface area contributed by atoms with Crippen LogP contribution >= 0.6 is 0 Å². The second-order valence-corrected chi connectivity index (χ2v) is 8.87. The van der Waals surface area contributed by atoms with Gasteiger partial charge in [0, 0.05) is 24.2 Å². The molecular weight excluding hydrogens is 372 g/mol. The molecule has 2 rings (SSSR count). The van der Waals surface area contributed by atoms with E-state index in [1.54, 1.807) is 0 Å². The smallest absolute Gasteiger partial charge is 0.313 e. The van der Waals surface area contributed by atoms with Crippen LogP contribution in [0.1, 0.15) is 91.9 Å². The van der Waals surface area contributed by atoms with Crippen LogP contribution < -0.4 is 0 Å². The Balaban J connectivity index is 0.000000405. The van der Waals surface area contributed by atoms with Crippen LogP contribution in [0.2, 0.25) is 0 Å². The summed E-state index contributed by atoms with van der Waals surface area (Å²) in [6, 6.07) is 1.42. The van der Waals surface area contributed by atoms with E-state index in [4.69, 9.17) is 17.5 Å². The van der Waals surface area contributed by atoms with E-state index in [1.165, 1.54) is 74.3 Å². The summed E-state index contributed by atoms with van der Waals surface area (Å²) in [4.78, 5) is 0. The summed E-state index contributed by atoms with van der Waals surface area (Å²) >= 11 is 0. The zero-order chi connectivity index (χ0) is 21.0. The van der Waals surface area contributed by atoms with Crippen molar-refractivity contribution in [3.8, 4) is 0 Å². The number of hydrogen-bond acceptors (Lipinski definition) is 6. The molecule has 8 nitrogen and oxygen atoms in total. The zero-order valence-electron chi connectivity index (χ0n) is 17.3. The van der Waals surface area contributed by atoms with Gasteiger partial charge in [0.2, 0.25) is 0 Å². The molecule has 0 aromatic heterocycles. The molecule has 0 amide bonds. The van der Waals surface area contributed by atoms with Crippen molar-refractivity contribution < 1.29 is 27.9 Å². The SMILES string of the molecule is CC(C)N(O)C1CCCCC1.CC(C)N(O)C1CCCCC1.O=S(=O)(O)O. The van der Waals surface area contributed by atoms with E-state index in [1.807, 2.05) is 27.7 Å². The third-order valence-electron chi connectivity index (χ3n) is 4.96. The first-order chi connectivity index (χ1) is 12.4. The van der Waals surface area contributed by atoms with Gasteiger partial charge in [-0.1, -0.05) is 38.5 Å². The van der Waals surface area contributed by atoms with Gasteiger partial charge in [0.05, 0.1) is 0 Å². The van der Waals surface area contributed by atoms with Crippen LogP contribution in [0.15, 0.2) is 0 Å². The molecule has 0 radical (unpaired) electrons. The van der Waals surface area contributed by atoms with Gasteiger partial charge in [-0.2, -0.15) is 18.5 Å². The fraction of sp³-hybridized carbons (Fsp3) is 1.00. The lowest BCUT2D eigenvalue weighted by Crippen LogP contribution is -2.38. The Labute approximate surface area is 165 Å². The first-order valence-electron chi connectivity index (χ1n) is 10.1. The summed E-state index contributed by atoms with van der Waals surface area (Å²) in [5, 5.41) is 22.2. The molecular formula is C18H40N2O6S. The van der Waals surface area contributed by atoms with Gasteiger partial charge in [-0.15, -0.1) is 0 Å². The van der Waals surface area contributed by atoms with E-state index >= 15 is 0 Å². The molecule has 164 valence electrons. The second kappa shape index (κ2) is 13.8. The average Bonchev–Trinajstić information content (AvgIpc) is 2.61. The molecule has 0 unspecified atom stereocenters. The Morgan fingerprint density at radius 1 is 0.667 bits per heavy atom. The Hall–Kier alpha value is -0.290. The van der Waals surface area contributed by atoms with Gasteiger partial charge in [0.15, 0.2) is 0 Å². The second-order valence-electron chi connectivity index (χ2n) is 7.98. The minimum Gasteiger partial charge on any atom is -0.313 e. The van der Waals surface area contributed by atoms with Crippen LogP contribution in [0, 0.1) is 0 Å². The Morgan fingerprint density at radius 2 is 0.889 bits per heavy atom. The predicted molar refractivity (Wildman–Crippen MR) is 105 cm³/mol. The maximum atomic E-state index is 9.58. The topological polar surface area (TPSA) is 122 Å². The van der Waals surface area contributed by atoms with Crippen molar-refractivity contribution in [2.24, 2.45) is 0 Å². The minimum atomic E-state index is -4.67. The summed E-state index contributed by atoms with van der Waals surface area (Å²) in [5.41, 5.74) is 0. The van der Waals surface area contributed by atoms with Crippen molar-refractivity contribution in [3.05, 3.63) is 0 Å². The third-order valence-corrected chi connectivity index (χ3v) is 4.96. The van der Waals surface area contributed by atoms with Crippen molar-refractivity contribution in [1.29, 1.82) is 0 Å². The average molecular weight is 413 g/mol. The fourth-order valence-electron chi connectivity index (χ4n) is 3.53. The highest BCUT2D eigenvalue weighted by atomic mass is 32.3. The highest BCUT2D eigenvalue weighted by Gasteiger charge is 2.21. The maximum absolute atomic E-state index is 9.58. The lowest BCUT2D eigenvalue weighted by molar-refractivity contribution is -0.158. The molecule has 9 heteroatoms. The quantitative estimate of drug-likeness (QED) is 0.401. The Morgan fingerprint density at radius 3 is 1.07 bits per heavy atom. The lowest BCUT2D eigenvalue weighted by Gasteiger charge is -2.31.